The van der Waals surface area contributed by atoms with Crippen LogP contribution in [0.3, 0.4) is 0 Å². The van der Waals surface area contributed by atoms with Gasteiger partial charge in [0.05, 0.1) is 5.69 Å². The fourth-order valence-corrected chi connectivity index (χ4v) is 4.37. The van der Waals surface area contributed by atoms with E-state index in [1.807, 2.05) is 30.6 Å². The molecule has 1 heterocycles. The van der Waals surface area contributed by atoms with E-state index in [2.05, 4.69) is 41.6 Å². The molecule has 0 amide bonds. The minimum atomic E-state index is 0.0624. The molecule has 3 rings (SSSR count). The van der Waals surface area contributed by atoms with Crippen molar-refractivity contribution in [2.75, 3.05) is 23.8 Å². The van der Waals surface area contributed by atoms with Gasteiger partial charge in [0.15, 0.2) is 0 Å². The lowest BCUT2D eigenvalue weighted by Crippen LogP contribution is -2.34. The van der Waals surface area contributed by atoms with Crippen molar-refractivity contribution in [1.29, 1.82) is 0 Å². The third-order valence-electron chi connectivity index (χ3n) is 6.06. The van der Waals surface area contributed by atoms with Gasteiger partial charge in [0, 0.05) is 41.8 Å². The van der Waals surface area contributed by atoms with Crippen molar-refractivity contribution < 1.29 is 5.11 Å². The van der Waals surface area contributed by atoms with E-state index >= 15 is 0 Å². The smallest absolute Gasteiger partial charge is 0.0529 e. The first-order valence-corrected chi connectivity index (χ1v) is 10.6. The Morgan fingerprint density at radius 2 is 1.93 bits per heavy atom. The normalized spacial score (nSPS) is 25.1. The summed E-state index contributed by atoms with van der Waals surface area (Å²) in [6.07, 6.45) is 10.3. The molecule has 1 saturated carbocycles. The number of rotatable bonds is 7. The van der Waals surface area contributed by atoms with Gasteiger partial charge in [0.2, 0.25) is 0 Å². The average Bonchev–Trinajstić information content (AvgIpc) is 2.82. The fraction of sp³-hybridized carbons (Fsp3) is 0.522. The third-order valence-corrected chi connectivity index (χ3v) is 6.29. The molecule has 1 aromatic heterocycles. The molecule has 1 aliphatic carbocycles. The van der Waals surface area contributed by atoms with Gasteiger partial charge in [-0.25, -0.2) is 0 Å². The van der Waals surface area contributed by atoms with Gasteiger partial charge in [0.25, 0.3) is 0 Å². The van der Waals surface area contributed by atoms with Crippen molar-refractivity contribution in [2.24, 2.45) is 0 Å². The quantitative estimate of drug-likeness (QED) is 0.416. The summed E-state index contributed by atoms with van der Waals surface area (Å²) in [7, 11) is 0. The number of pyridine rings is 1. The number of nitrogens with zero attached hydrogens (tertiary/aromatic N) is 1. The number of aliphatic hydroxyl groups is 1. The van der Waals surface area contributed by atoms with Gasteiger partial charge in [-0.15, -0.1) is 0 Å². The Labute approximate surface area is 173 Å². The van der Waals surface area contributed by atoms with Crippen LogP contribution >= 0.6 is 11.6 Å². The highest BCUT2D eigenvalue weighted by atomic mass is 35.5. The molecule has 0 saturated heterocycles. The molecule has 28 heavy (non-hydrogen) atoms. The van der Waals surface area contributed by atoms with Gasteiger partial charge in [-0.1, -0.05) is 31.0 Å². The second-order valence-corrected chi connectivity index (χ2v) is 9.01. The van der Waals surface area contributed by atoms with E-state index in [9.17, 15) is 0 Å². The number of hydrogen-bond acceptors (Lipinski definition) is 4. The molecule has 2 unspecified atom stereocenters. The van der Waals surface area contributed by atoms with E-state index in [0.29, 0.717) is 0 Å². The van der Waals surface area contributed by atoms with E-state index in [4.69, 9.17) is 16.7 Å². The first-order valence-electron chi connectivity index (χ1n) is 10.3. The first kappa shape index (κ1) is 20.9. The monoisotopic (exact) mass is 401 g/mol. The van der Waals surface area contributed by atoms with Crippen molar-refractivity contribution >= 4 is 23.0 Å². The minimum Gasteiger partial charge on any atom is -0.396 e. The van der Waals surface area contributed by atoms with Crippen molar-refractivity contribution in [3.8, 4) is 0 Å². The highest BCUT2D eigenvalue weighted by Gasteiger charge is 2.36. The number of nitrogens with one attached hydrogen (secondary N) is 2. The SMILES string of the molecule is CC1(Nc2cccc(Cl)c2)CCCC(C)(c2cncc(NCCCO)c2)CC1. The molecule has 0 radical (unpaired) electrons. The summed E-state index contributed by atoms with van der Waals surface area (Å²) < 4.78 is 0. The maximum Gasteiger partial charge on any atom is 0.0529 e. The molecular formula is C23H32ClN3O. The Morgan fingerprint density at radius 3 is 2.71 bits per heavy atom. The minimum absolute atomic E-state index is 0.0624. The molecule has 4 nitrogen and oxygen atoms in total. The summed E-state index contributed by atoms with van der Waals surface area (Å²) in [5.74, 6) is 0. The average molecular weight is 402 g/mol. The van der Waals surface area contributed by atoms with E-state index in [1.54, 1.807) is 0 Å². The summed E-state index contributed by atoms with van der Waals surface area (Å²) in [6, 6.07) is 10.2. The number of anilines is 2. The van der Waals surface area contributed by atoms with Crippen LogP contribution < -0.4 is 10.6 Å². The van der Waals surface area contributed by atoms with Crippen LogP contribution in [0.25, 0.3) is 0 Å². The Morgan fingerprint density at radius 1 is 1.07 bits per heavy atom. The highest BCUT2D eigenvalue weighted by molar-refractivity contribution is 6.30. The number of benzene rings is 1. The maximum atomic E-state index is 8.98. The van der Waals surface area contributed by atoms with Crippen LogP contribution in [0.5, 0.6) is 0 Å². The topological polar surface area (TPSA) is 57.2 Å². The van der Waals surface area contributed by atoms with Crippen LogP contribution in [0.4, 0.5) is 11.4 Å². The molecule has 1 aromatic carbocycles. The molecule has 5 heteroatoms. The van der Waals surface area contributed by atoms with Crippen LogP contribution in [0.1, 0.15) is 57.9 Å². The zero-order valence-electron chi connectivity index (χ0n) is 17.0. The molecule has 0 aliphatic heterocycles. The predicted molar refractivity (Wildman–Crippen MR) is 118 cm³/mol. The standard InChI is InChI=1S/C23H32ClN3O/c1-22(18-14-21(17-25-16-18)26-12-5-13-28)8-4-9-23(2,11-10-22)27-20-7-3-6-19(24)15-20/h3,6-7,14-17,26-28H,4-5,8-13H2,1-2H3. The molecule has 152 valence electrons. The van der Waals surface area contributed by atoms with Gasteiger partial charge < -0.3 is 15.7 Å². The van der Waals surface area contributed by atoms with E-state index in [0.717, 1.165) is 55.0 Å². The van der Waals surface area contributed by atoms with Crippen molar-refractivity contribution in [3.05, 3.63) is 53.3 Å². The van der Waals surface area contributed by atoms with Crippen LogP contribution in [0, 0.1) is 0 Å². The summed E-state index contributed by atoms with van der Waals surface area (Å²) in [4.78, 5) is 4.47. The van der Waals surface area contributed by atoms with Gasteiger partial charge in [-0.2, -0.15) is 0 Å². The molecule has 1 fully saturated rings. The molecule has 2 atom stereocenters. The molecule has 2 aromatic rings. The van der Waals surface area contributed by atoms with Crippen molar-refractivity contribution in [3.63, 3.8) is 0 Å². The van der Waals surface area contributed by atoms with Gasteiger partial charge in [0.1, 0.15) is 0 Å². The Kier molecular flexibility index (Phi) is 6.84. The van der Waals surface area contributed by atoms with Gasteiger partial charge in [-0.05, 0) is 74.3 Å². The number of halogens is 1. The lowest BCUT2D eigenvalue weighted by atomic mass is 9.76. The first-order chi connectivity index (χ1) is 13.4. The van der Waals surface area contributed by atoms with Crippen molar-refractivity contribution in [1.82, 2.24) is 4.98 Å². The second kappa shape index (κ2) is 9.15. The molecule has 0 spiro atoms. The summed E-state index contributed by atoms with van der Waals surface area (Å²) in [5, 5.41) is 16.8. The summed E-state index contributed by atoms with van der Waals surface area (Å²) in [5.41, 5.74) is 3.61. The Balaban J connectivity index is 1.70. The highest BCUT2D eigenvalue weighted by Crippen LogP contribution is 2.42. The number of aromatic nitrogens is 1. The zero-order chi connectivity index (χ0) is 20.0. The number of hydrogen-bond donors (Lipinski definition) is 3. The van der Waals surface area contributed by atoms with Crippen LogP contribution in [-0.4, -0.2) is 28.8 Å². The maximum absolute atomic E-state index is 8.98. The lowest BCUT2D eigenvalue weighted by Gasteiger charge is -2.33. The molecule has 3 N–H and O–H groups in total. The summed E-state index contributed by atoms with van der Waals surface area (Å²) in [6.45, 7) is 5.66. The fourth-order valence-electron chi connectivity index (χ4n) is 4.18. The zero-order valence-corrected chi connectivity index (χ0v) is 17.7. The summed E-state index contributed by atoms with van der Waals surface area (Å²) >= 11 is 6.16. The van der Waals surface area contributed by atoms with Crippen LogP contribution in [-0.2, 0) is 5.41 Å². The largest absolute Gasteiger partial charge is 0.396 e. The van der Waals surface area contributed by atoms with Gasteiger partial charge in [-0.3, -0.25) is 4.98 Å². The Bertz CT molecular complexity index is 784. The van der Waals surface area contributed by atoms with E-state index < -0.39 is 0 Å². The lowest BCUT2D eigenvalue weighted by molar-refractivity contribution is 0.292. The molecule has 1 aliphatic rings. The van der Waals surface area contributed by atoms with Crippen LogP contribution in [0.2, 0.25) is 5.02 Å². The molecular weight excluding hydrogens is 370 g/mol. The Hall–Kier alpha value is -1.78. The van der Waals surface area contributed by atoms with E-state index in [1.165, 1.54) is 12.0 Å². The predicted octanol–water partition coefficient (Wildman–Crippen LogP) is 5.62. The second-order valence-electron chi connectivity index (χ2n) is 8.58. The van der Waals surface area contributed by atoms with Gasteiger partial charge >= 0.3 is 0 Å². The van der Waals surface area contributed by atoms with Crippen molar-refractivity contribution in [2.45, 2.75) is 63.3 Å². The molecule has 0 bridgehead atoms. The van der Waals surface area contributed by atoms with Crippen LogP contribution in [0.15, 0.2) is 42.7 Å². The third kappa shape index (κ3) is 5.39. The number of aliphatic hydroxyl groups excluding tert-OH is 1. The van der Waals surface area contributed by atoms with E-state index in [-0.39, 0.29) is 17.6 Å².